The van der Waals surface area contributed by atoms with Crippen LogP contribution in [0, 0.1) is 5.92 Å². The van der Waals surface area contributed by atoms with Gasteiger partial charge in [-0.1, -0.05) is 50.1 Å². The van der Waals surface area contributed by atoms with Crippen molar-refractivity contribution in [3.63, 3.8) is 0 Å². The Morgan fingerprint density at radius 2 is 1.80 bits per heavy atom. The Hall–Kier alpha value is -0.860. The van der Waals surface area contributed by atoms with Gasteiger partial charge in [0.05, 0.1) is 0 Å². The fourth-order valence-corrected chi connectivity index (χ4v) is 4.35. The predicted octanol–water partition coefficient (Wildman–Crippen LogP) is 3.38. The first kappa shape index (κ1) is 14.1. The summed E-state index contributed by atoms with van der Waals surface area (Å²) in [4.78, 5) is 2.70. The minimum absolute atomic E-state index is 0.372. The fraction of sp³-hybridized carbons (Fsp3) is 0.667. The predicted molar refractivity (Wildman–Crippen MR) is 84.8 cm³/mol. The number of nitrogens with two attached hydrogens (primary N) is 1. The maximum atomic E-state index is 6.26. The average Bonchev–Trinajstić information content (AvgIpc) is 2.47. The molecule has 1 saturated heterocycles. The van der Waals surface area contributed by atoms with Crippen molar-refractivity contribution in [3.8, 4) is 0 Å². The van der Waals surface area contributed by atoms with Crippen LogP contribution in [0.3, 0.4) is 0 Å². The van der Waals surface area contributed by atoms with Gasteiger partial charge in [-0.15, -0.1) is 0 Å². The Kier molecular flexibility index (Phi) is 4.42. The van der Waals surface area contributed by atoms with E-state index in [-0.39, 0.29) is 0 Å². The van der Waals surface area contributed by atoms with E-state index in [4.69, 9.17) is 5.73 Å². The van der Waals surface area contributed by atoms with E-state index in [0.29, 0.717) is 18.0 Å². The Bertz CT molecular complexity index is 407. The summed E-state index contributed by atoms with van der Waals surface area (Å²) in [5, 5.41) is 0. The van der Waals surface area contributed by atoms with E-state index in [9.17, 15) is 0 Å². The molecule has 3 rings (SSSR count). The van der Waals surface area contributed by atoms with Gasteiger partial charge in [-0.3, -0.25) is 4.90 Å². The number of rotatable bonds is 2. The van der Waals surface area contributed by atoms with Crippen LogP contribution in [0.4, 0.5) is 0 Å². The molecule has 1 aromatic rings. The van der Waals surface area contributed by atoms with Crippen molar-refractivity contribution in [3.05, 3.63) is 35.9 Å². The highest BCUT2D eigenvalue weighted by Gasteiger charge is 2.34. The lowest BCUT2D eigenvalue weighted by Crippen LogP contribution is -2.52. The number of piperidine rings is 1. The number of nitrogens with zero attached hydrogens (tertiary/aromatic N) is 1. The average molecular weight is 272 g/mol. The summed E-state index contributed by atoms with van der Waals surface area (Å²) in [7, 11) is 0. The number of likely N-dealkylation sites (tertiary alicyclic amines) is 1. The zero-order chi connectivity index (χ0) is 13.9. The van der Waals surface area contributed by atoms with Gasteiger partial charge < -0.3 is 5.73 Å². The van der Waals surface area contributed by atoms with Crippen LogP contribution in [0.1, 0.15) is 50.5 Å². The highest BCUT2D eigenvalue weighted by atomic mass is 15.2. The maximum absolute atomic E-state index is 6.26. The molecule has 0 amide bonds. The van der Waals surface area contributed by atoms with Gasteiger partial charge in [0.25, 0.3) is 0 Å². The molecule has 2 heteroatoms. The van der Waals surface area contributed by atoms with Crippen molar-refractivity contribution < 1.29 is 0 Å². The highest BCUT2D eigenvalue weighted by molar-refractivity contribution is 5.22. The van der Waals surface area contributed by atoms with Crippen LogP contribution in [-0.4, -0.2) is 30.1 Å². The lowest BCUT2D eigenvalue weighted by molar-refractivity contribution is 0.0792. The Morgan fingerprint density at radius 1 is 1.05 bits per heavy atom. The van der Waals surface area contributed by atoms with Crippen LogP contribution >= 0.6 is 0 Å². The molecule has 2 N–H and O–H groups in total. The zero-order valence-corrected chi connectivity index (χ0v) is 12.7. The molecule has 1 heterocycles. The van der Waals surface area contributed by atoms with E-state index >= 15 is 0 Å². The van der Waals surface area contributed by atoms with Gasteiger partial charge in [-0.25, -0.2) is 0 Å². The Balaban J connectivity index is 1.78. The molecule has 0 bridgehead atoms. The normalized spacial score (nSPS) is 35.9. The second kappa shape index (κ2) is 6.28. The van der Waals surface area contributed by atoms with E-state index in [1.165, 1.54) is 44.2 Å². The van der Waals surface area contributed by atoms with Gasteiger partial charge in [-0.2, -0.15) is 0 Å². The first-order chi connectivity index (χ1) is 9.74. The van der Waals surface area contributed by atoms with Crippen molar-refractivity contribution >= 4 is 0 Å². The van der Waals surface area contributed by atoms with Crippen molar-refractivity contribution in [1.82, 2.24) is 4.90 Å². The van der Waals surface area contributed by atoms with Crippen molar-refractivity contribution in [1.29, 1.82) is 0 Å². The molecule has 1 aliphatic carbocycles. The quantitative estimate of drug-likeness (QED) is 0.894. The number of benzene rings is 1. The van der Waals surface area contributed by atoms with Crippen LogP contribution < -0.4 is 5.73 Å². The van der Waals surface area contributed by atoms with Crippen LogP contribution in [0.2, 0.25) is 0 Å². The van der Waals surface area contributed by atoms with E-state index < -0.39 is 0 Å². The molecule has 2 nitrogen and oxygen atoms in total. The monoisotopic (exact) mass is 272 g/mol. The standard InChI is InChI=1S/C18H28N2/c1-14-11-16(19)13-20(12-14)18-10-6-5-9-17(18)15-7-3-2-4-8-15/h2-4,7-8,14,16-18H,5-6,9-13,19H2,1H3. The Labute approximate surface area is 123 Å². The maximum Gasteiger partial charge on any atom is 0.0170 e. The summed E-state index contributed by atoms with van der Waals surface area (Å²) in [6, 6.07) is 12.2. The summed E-state index contributed by atoms with van der Waals surface area (Å²) < 4.78 is 0. The van der Waals surface area contributed by atoms with Crippen LogP contribution in [0.15, 0.2) is 30.3 Å². The molecule has 20 heavy (non-hydrogen) atoms. The van der Waals surface area contributed by atoms with Gasteiger partial charge in [0.2, 0.25) is 0 Å². The third-order valence-corrected chi connectivity index (χ3v) is 5.15. The van der Waals surface area contributed by atoms with E-state index in [1.807, 2.05) is 0 Å². The van der Waals surface area contributed by atoms with Crippen molar-refractivity contribution in [2.75, 3.05) is 13.1 Å². The summed E-state index contributed by atoms with van der Waals surface area (Å²) >= 11 is 0. The lowest BCUT2D eigenvalue weighted by atomic mass is 9.78. The second-order valence-electron chi connectivity index (χ2n) is 6.92. The molecule has 4 atom stereocenters. The molecule has 1 aliphatic heterocycles. The lowest BCUT2D eigenvalue weighted by Gasteiger charge is -2.45. The van der Waals surface area contributed by atoms with Crippen LogP contribution in [0.25, 0.3) is 0 Å². The number of hydrogen-bond donors (Lipinski definition) is 1. The molecule has 2 fully saturated rings. The minimum Gasteiger partial charge on any atom is -0.327 e. The smallest absolute Gasteiger partial charge is 0.0170 e. The van der Waals surface area contributed by atoms with Crippen LogP contribution in [0.5, 0.6) is 0 Å². The molecule has 0 aromatic heterocycles. The van der Waals surface area contributed by atoms with E-state index in [1.54, 1.807) is 0 Å². The molecule has 1 saturated carbocycles. The van der Waals surface area contributed by atoms with Crippen LogP contribution in [-0.2, 0) is 0 Å². The van der Waals surface area contributed by atoms with Gasteiger partial charge in [0.1, 0.15) is 0 Å². The summed E-state index contributed by atoms with van der Waals surface area (Å²) in [6.45, 7) is 4.69. The van der Waals surface area contributed by atoms with Crippen molar-refractivity contribution in [2.45, 2.75) is 57.0 Å². The fourth-order valence-electron chi connectivity index (χ4n) is 4.35. The molecule has 2 aliphatic rings. The minimum atomic E-state index is 0.372. The third-order valence-electron chi connectivity index (χ3n) is 5.15. The zero-order valence-electron chi connectivity index (χ0n) is 12.7. The highest BCUT2D eigenvalue weighted by Crippen LogP contribution is 2.37. The molecule has 1 aromatic carbocycles. The van der Waals surface area contributed by atoms with Crippen molar-refractivity contribution in [2.24, 2.45) is 11.7 Å². The summed E-state index contributed by atoms with van der Waals surface area (Å²) in [5.74, 6) is 1.46. The second-order valence-corrected chi connectivity index (χ2v) is 6.92. The summed E-state index contributed by atoms with van der Waals surface area (Å²) in [6.07, 6.45) is 6.65. The van der Waals surface area contributed by atoms with E-state index in [0.717, 1.165) is 12.5 Å². The van der Waals surface area contributed by atoms with E-state index in [2.05, 4.69) is 42.2 Å². The molecule has 0 spiro atoms. The topological polar surface area (TPSA) is 29.3 Å². The SMILES string of the molecule is CC1CC(N)CN(C2CCCCC2c2ccccc2)C1. The molecule has 0 radical (unpaired) electrons. The molecule has 4 unspecified atom stereocenters. The molecular weight excluding hydrogens is 244 g/mol. The Morgan fingerprint density at radius 3 is 2.55 bits per heavy atom. The first-order valence-corrected chi connectivity index (χ1v) is 8.28. The molecule has 110 valence electrons. The number of hydrogen-bond acceptors (Lipinski definition) is 2. The van der Waals surface area contributed by atoms with Gasteiger partial charge >= 0.3 is 0 Å². The molecular formula is C18H28N2. The third kappa shape index (κ3) is 3.07. The largest absolute Gasteiger partial charge is 0.327 e. The summed E-state index contributed by atoms with van der Waals surface area (Å²) in [5.41, 5.74) is 7.80. The van der Waals surface area contributed by atoms with Gasteiger partial charge in [-0.05, 0) is 36.7 Å². The first-order valence-electron chi connectivity index (χ1n) is 8.28. The van der Waals surface area contributed by atoms with Gasteiger partial charge in [0, 0.05) is 25.2 Å². The van der Waals surface area contributed by atoms with Gasteiger partial charge in [0.15, 0.2) is 0 Å².